The number of carbonyl (C=O) groups excluding carboxylic acids is 2. The minimum atomic E-state index is -0.185. The van der Waals surface area contributed by atoms with E-state index in [1.54, 1.807) is 11.8 Å². The molecule has 1 amide bonds. The molecule has 2 rings (SSSR count). The van der Waals surface area contributed by atoms with Crippen molar-refractivity contribution in [2.75, 3.05) is 0 Å². The number of nitrogens with zero attached hydrogens (tertiary/aromatic N) is 1. The third-order valence-electron chi connectivity index (χ3n) is 3.32. The molecule has 0 saturated heterocycles. The van der Waals surface area contributed by atoms with Crippen LogP contribution in [0.1, 0.15) is 31.7 Å². The number of hydrogen-bond acceptors (Lipinski definition) is 2. The first-order valence-corrected chi connectivity index (χ1v) is 6.84. The van der Waals surface area contributed by atoms with E-state index in [-0.39, 0.29) is 11.7 Å². The molecule has 1 aliphatic carbocycles. The van der Waals surface area contributed by atoms with Crippen LogP contribution >= 0.6 is 0 Å². The minimum Gasteiger partial charge on any atom is -0.301 e. The van der Waals surface area contributed by atoms with Crippen LogP contribution in [0.15, 0.2) is 54.3 Å². The molecular formula is C17H19NO2. The molecule has 104 valence electrons. The van der Waals surface area contributed by atoms with Gasteiger partial charge in [-0.25, -0.2) is 0 Å². The number of allylic oxidation sites excluding steroid dienone is 2. The van der Waals surface area contributed by atoms with Crippen molar-refractivity contribution in [2.24, 2.45) is 0 Å². The van der Waals surface area contributed by atoms with Crippen LogP contribution in [0.25, 0.3) is 0 Å². The van der Waals surface area contributed by atoms with Gasteiger partial charge in [0.2, 0.25) is 0 Å². The van der Waals surface area contributed by atoms with Crippen LogP contribution in [-0.4, -0.2) is 16.6 Å². The first kappa shape index (κ1) is 14.3. The largest absolute Gasteiger partial charge is 0.301 e. The first-order valence-electron chi connectivity index (χ1n) is 6.84. The van der Waals surface area contributed by atoms with Gasteiger partial charge in [-0.2, -0.15) is 0 Å². The lowest BCUT2D eigenvalue weighted by atomic mass is 10.0. The normalized spacial score (nSPS) is 14.7. The number of amides is 1. The van der Waals surface area contributed by atoms with E-state index in [4.69, 9.17) is 0 Å². The van der Waals surface area contributed by atoms with Crippen LogP contribution in [0.5, 0.6) is 0 Å². The highest BCUT2D eigenvalue weighted by Crippen LogP contribution is 2.21. The molecule has 0 aromatic heterocycles. The third-order valence-corrected chi connectivity index (χ3v) is 3.32. The lowest BCUT2D eigenvalue weighted by Gasteiger charge is -2.27. The van der Waals surface area contributed by atoms with Gasteiger partial charge in [0.05, 0.1) is 12.2 Å². The molecule has 0 atom stereocenters. The zero-order valence-electron chi connectivity index (χ0n) is 11.8. The Morgan fingerprint density at radius 1 is 1.30 bits per heavy atom. The van der Waals surface area contributed by atoms with Gasteiger partial charge in [-0.1, -0.05) is 43.0 Å². The monoisotopic (exact) mass is 269 g/mol. The van der Waals surface area contributed by atoms with E-state index in [9.17, 15) is 9.59 Å². The van der Waals surface area contributed by atoms with Crippen molar-refractivity contribution in [3.63, 3.8) is 0 Å². The molecule has 0 heterocycles. The average molecular weight is 269 g/mol. The van der Waals surface area contributed by atoms with Gasteiger partial charge in [0.15, 0.2) is 5.78 Å². The summed E-state index contributed by atoms with van der Waals surface area (Å²) in [6.07, 6.45) is 4.09. The Kier molecular flexibility index (Phi) is 4.51. The molecule has 0 radical (unpaired) electrons. The summed E-state index contributed by atoms with van der Waals surface area (Å²) in [6.45, 7) is 5.79. The number of hydrogen-bond donors (Lipinski definition) is 0. The van der Waals surface area contributed by atoms with Gasteiger partial charge in [0, 0.05) is 12.0 Å². The second kappa shape index (κ2) is 6.33. The maximum atomic E-state index is 12.3. The van der Waals surface area contributed by atoms with E-state index in [1.165, 1.54) is 0 Å². The van der Waals surface area contributed by atoms with Gasteiger partial charge < -0.3 is 4.90 Å². The fourth-order valence-electron chi connectivity index (χ4n) is 2.27. The number of rotatable bonds is 4. The van der Waals surface area contributed by atoms with Crippen molar-refractivity contribution in [3.8, 4) is 0 Å². The lowest BCUT2D eigenvalue weighted by molar-refractivity contribution is -0.129. The van der Waals surface area contributed by atoms with Crippen molar-refractivity contribution in [1.29, 1.82) is 0 Å². The highest BCUT2D eigenvalue weighted by molar-refractivity contribution is 6.03. The van der Waals surface area contributed by atoms with Crippen molar-refractivity contribution in [1.82, 2.24) is 4.90 Å². The van der Waals surface area contributed by atoms with Gasteiger partial charge >= 0.3 is 0 Å². The van der Waals surface area contributed by atoms with Crippen molar-refractivity contribution in [2.45, 2.75) is 32.7 Å². The van der Waals surface area contributed by atoms with Crippen LogP contribution in [-0.2, 0) is 16.1 Å². The molecule has 0 saturated carbocycles. The van der Waals surface area contributed by atoms with Crippen molar-refractivity contribution < 1.29 is 9.59 Å². The summed E-state index contributed by atoms with van der Waals surface area (Å²) < 4.78 is 0. The number of Topliss-reactive ketones (excluding diaryl/α,β-unsaturated/α-hetero) is 1. The Morgan fingerprint density at radius 3 is 2.60 bits per heavy atom. The molecule has 0 fully saturated rings. The Morgan fingerprint density at radius 2 is 2.00 bits per heavy atom. The quantitative estimate of drug-likeness (QED) is 0.787. The summed E-state index contributed by atoms with van der Waals surface area (Å²) in [7, 11) is 0. The first-order chi connectivity index (χ1) is 9.59. The molecular weight excluding hydrogens is 250 g/mol. The lowest BCUT2D eigenvalue weighted by Crippen LogP contribution is -2.34. The molecule has 0 aliphatic heterocycles. The molecule has 3 heteroatoms. The molecule has 0 N–H and O–H groups in total. The van der Waals surface area contributed by atoms with Gasteiger partial charge in [-0.15, -0.1) is 0 Å². The van der Waals surface area contributed by atoms with Crippen LogP contribution < -0.4 is 0 Å². The maximum Gasteiger partial charge on any atom is 0.253 e. The van der Waals surface area contributed by atoms with E-state index in [1.807, 2.05) is 36.4 Å². The van der Waals surface area contributed by atoms with Crippen molar-refractivity contribution >= 4 is 11.7 Å². The maximum absolute atomic E-state index is 12.3. The fraction of sp³-hybridized carbons (Fsp3) is 0.294. The zero-order chi connectivity index (χ0) is 14.5. The average Bonchev–Trinajstić information content (AvgIpc) is 2.46. The van der Waals surface area contributed by atoms with Gasteiger partial charge in [-0.05, 0) is 25.3 Å². The zero-order valence-corrected chi connectivity index (χ0v) is 11.8. The van der Waals surface area contributed by atoms with E-state index in [2.05, 4.69) is 6.58 Å². The Bertz CT molecular complexity index is 558. The number of benzene rings is 1. The third kappa shape index (κ3) is 3.23. The minimum absolute atomic E-state index is 0.0433. The predicted octanol–water partition coefficient (Wildman–Crippen LogP) is 3.23. The summed E-state index contributed by atoms with van der Waals surface area (Å²) in [5, 5.41) is 0. The van der Waals surface area contributed by atoms with E-state index in [0.29, 0.717) is 24.2 Å². The summed E-state index contributed by atoms with van der Waals surface area (Å²) in [5.74, 6) is -0.142. The van der Waals surface area contributed by atoms with Crippen LogP contribution in [0.3, 0.4) is 0 Å². The number of carbonyl (C=O) groups is 2. The molecule has 0 bridgehead atoms. The molecule has 1 aromatic rings. The summed E-state index contributed by atoms with van der Waals surface area (Å²) in [5.41, 5.74) is 1.97. The topological polar surface area (TPSA) is 37.4 Å². The number of ketones is 1. The SMILES string of the molecule is C=C(C)C(=O)N(Cc1ccccc1)C1=CCCCC1=O. The summed E-state index contributed by atoms with van der Waals surface area (Å²) in [6, 6.07) is 9.68. The molecule has 0 spiro atoms. The molecule has 0 unspecified atom stereocenters. The standard InChI is InChI=1S/C17H19NO2/c1-13(2)17(20)18(12-14-8-4-3-5-9-14)15-10-6-7-11-16(15)19/h3-5,8-10H,1,6-7,11-12H2,2H3. The summed E-state index contributed by atoms with van der Waals surface area (Å²) in [4.78, 5) is 25.9. The van der Waals surface area contributed by atoms with Crippen molar-refractivity contribution in [3.05, 3.63) is 59.8 Å². The van der Waals surface area contributed by atoms with Gasteiger partial charge in [0.25, 0.3) is 5.91 Å². The van der Waals surface area contributed by atoms with Crippen LogP contribution in [0.2, 0.25) is 0 Å². The smallest absolute Gasteiger partial charge is 0.253 e. The van der Waals surface area contributed by atoms with Gasteiger partial charge in [0.1, 0.15) is 0 Å². The second-order valence-electron chi connectivity index (χ2n) is 5.06. The Hall–Kier alpha value is -2.16. The van der Waals surface area contributed by atoms with E-state index < -0.39 is 0 Å². The Labute approximate surface area is 119 Å². The molecule has 3 nitrogen and oxygen atoms in total. The molecule has 1 aromatic carbocycles. The molecule has 20 heavy (non-hydrogen) atoms. The molecule has 1 aliphatic rings. The van der Waals surface area contributed by atoms with Gasteiger partial charge in [-0.3, -0.25) is 9.59 Å². The Balaban J connectivity index is 2.30. The fourth-order valence-corrected chi connectivity index (χ4v) is 2.27. The highest BCUT2D eigenvalue weighted by Gasteiger charge is 2.25. The predicted molar refractivity (Wildman–Crippen MR) is 78.7 cm³/mol. The summed E-state index contributed by atoms with van der Waals surface area (Å²) >= 11 is 0. The second-order valence-corrected chi connectivity index (χ2v) is 5.06. The highest BCUT2D eigenvalue weighted by atomic mass is 16.2. The van der Waals surface area contributed by atoms with E-state index >= 15 is 0 Å². The van der Waals surface area contributed by atoms with Crippen LogP contribution in [0, 0.1) is 0 Å². The van der Waals surface area contributed by atoms with E-state index in [0.717, 1.165) is 18.4 Å². The van der Waals surface area contributed by atoms with Crippen LogP contribution in [0.4, 0.5) is 0 Å².